The van der Waals surface area contributed by atoms with Crippen molar-refractivity contribution < 1.29 is 5.11 Å². The molecule has 1 aromatic carbocycles. The normalized spacial score (nSPS) is 11.7. The number of hydrogen-bond donors (Lipinski definition) is 1. The lowest BCUT2D eigenvalue weighted by atomic mass is 10.2. The summed E-state index contributed by atoms with van der Waals surface area (Å²) >= 11 is 6.81. The van der Waals surface area contributed by atoms with Crippen LogP contribution in [0.4, 0.5) is 0 Å². The average Bonchev–Trinajstić information content (AvgIpc) is 2.29. The summed E-state index contributed by atoms with van der Waals surface area (Å²) in [5.41, 5.74) is 1.28. The number of hydrogen-bond acceptors (Lipinski definition) is 1. The summed E-state index contributed by atoms with van der Waals surface area (Å²) < 4.78 is 0. The van der Waals surface area contributed by atoms with Crippen molar-refractivity contribution in [3.05, 3.63) is 29.8 Å². The molecule has 0 atom stereocenters. The molecule has 0 aliphatic heterocycles. The number of phenols is 1. The van der Waals surface area contributed by atoms with E-state index < -0.39 is 7.38 Å². The SMILES string of the molecule is CCC[Si](Cl)(CCC)CCc1ccc(O)cc1. The number of aryl methyl sites for hydroxylation is 1. The Hall–Kier alpha value is -0.473. The molecule has 1 rings (SSSR count). The van der Waals surface area contributed by atoms with Gasteiger partial charge in [0.1, 0.15) is 5.75 Å². The van der Waals surface area contributed by atoms with Gasteiger partial charge in [-0.25, -0.2) is 0 Å². The van der Waals surface area contributed by atoms with Crippen LogP contribution in [0.5, 0.6) is 5.75 Å². The molecule has 1 aromatic rings. The number of halogens is 1. The smallest absolute Gasteiger partial charge is 0.156 e. The van der Waals surface area contributed by atoms with E-state index in [2.05, 4.69) is 13.8 Å². The molecule has 17 heavy (non-hydrogen) atoms. The van der Waals surface area contributed by atoms with Gasteiger partial charge in [-0.15, -0.1) is 0 Å². The Bertz CT molecular complexity index is 317. The summed E-state index contributed by atoms with van der Waals surface area (Å²) in [5, 5.41) is 9.24. The van der Waals surface area contributed by atoms with Gasteiger partial charge in [-0.3, -0.25) is 0 Å². The molecule has 0 radical (unpaired) electrons. The summed E-state index contributed by atoms with van der Waals surface area (Å²) in [6.45, 7) is 4.45. The Morgan fingerprint density at radius 2 is 1.53 bits per heavy atom. The van der Waals surface area contributed by atoms with Crippen LogP contribution in [0.2, 0.25) is 18.1 Å². The first kappa shape index (κ1) is 14.6. The van der Waals surface area contributed by atoms with Crippen molar-refractivity contribution in [2.24, 2.45) is 0 Å². The zero-order valence-electron chi connectivity index (χ0n) is 10.9. The molecule has 3 heteroatoms. The first-order chi connectivity index (χ1) is 8.09. The standard InChI is InChI=1S/C14H23ClOSi/c1-3-10-17(15,11-4-2)12-9-13-5-7-14(16)8-6-13/h5-8,16H,3-4,9-12H2,1-2H3. The van der Waals surface area contributed by atoms with Gasteiger partial charge in [0.2, 0.25) is 0 Å². The van der Waals surface area contributed by atoms with Crippen molar-refractivity contribution in [1.29, 1.82) is 0 Å². The van der Waals surface area contributed by atoms with Crippen molar-refractivity contribution in [2.45, 2.75) is 51.2 Å². The minimum absolute atomic E-state index is 0.338. The fraction of sp³-hybridized carbons (Fsp3) is 0.571. The molecule has 0 aliphatic rings. The van der Waals surface area contributed by atoms with Gasteiger partial charge in [0.25, 0.3) is 0 Å². The van der Waals surface area contributed by atoms with Crippen molar-refractivity contribution in [3.63, 3.8) is 0 Å². The molecule has 0 unspecified atom stereocenters. The Balaban J connectivity index is 2.54. The van der Waals surface area contributed by atoms with Gasteiger partial charge in [-0.2, -0.15) is 11.1 Å². The maximum absolute atomic E-state index is 9.24. The highest BCUT2D eigenvalue weighted by atomic mass is 35.6. The fourth-order valence-electron chi connectivity index (χ4n) is 2.30. The van der Waals surface area contributed by atoms with Crippen LogP contribution < -0.4 is 0 Å². The molecule has 0 fully saturated rings. The van der Waals surface area contributed by atoms with E-state index in [9.17, 15) is 5.11 Å². The van der Waals surface area contributed by atoms with Crippen molar-refractivity contribution in [1.82, 2.24) is 0 Å². The van der Waals surface area contributed by atoms with E-state index in [4.69, 9.17) is 11.1 Å². The summed E-state index contributed by atoms with van der Waals surface area (Å²) in [5.74, 6) is 0.338. The Kier molecular flexibility index (Phi) is 6.07. The molecule has 0 aromatic heterocycles. The highest BCUT2D eigenvalue weighted by Gasteiger charge is 2.28. The van der Waals surface area contributed by atoms with Gasteiger partial charge < -0.3 is 5.11 Å². The molecule has 96 valence electrons. The fourth-order valence-corrected chi connectivity index (χ4v) is 7.00. The quantitative estimate of drug-likeness (QED) is 0.550. The van der Waals surface area contributed by atoms with Crippen LogP contribution in [-0.4, -0.2) is 12.5 Å². The molecule has 0 heterocycles. The van der Waals surface area contributed by atoms with Crippen LogP contribution in [0.1, 0.15) is 32.3 Å². The maximum atomic E-state index is 9.24. The zero-order chi connectivity index (χ0) is 12.7. The highest BCUT2D eigenvalue weighted by Crippen LogP contribution is 2.30. The first-order valence-electron chi connectivity index (χ1n) is 6.56. The predicted molar refractivity (Wildman–Crippen MR) is 78.4 cm³/mol. The van der Waals surface area contributed by atoms with E-state index in [0.717, 1.165) is 12.5 Å². The van der Waals surface area contributed by atoms with Gasteiger partial charge in [0.15, 0.2) is 7.38 Å². The minimum Gasteiger partial charge on any atom is -0.508 e. The highest BCUT2D eigenvalue weighted by molar-refractivity contribution is 7.20. The van der Waals surface area contributed by atoms with Crippen molar-refractivity contribution in [2.75, 3.05) is 0 Å². The molecule has 1 nitrogen and oxygen atoms in total. The summed E-state index contributed by atoms with van der Waals surface area (Å²) in [6, 6.07) is 11.1. The van der Waals surface area contributed by atoms with Crippen LogP contribution in [-0.2, 0) is 6.42 Å². The minimum atomic E-state index is -1.54. The Labute approximate surface area is 111 Å². The van der Waals surface area contributed by atoms with E-state index in [1.54, 1.807) is 12.1 Å². The molecular weight excluding hydrogens is 248 g/mol. The lowest BCUT2D eigenvalue weighted by molar-refractivity contribution is 0.475. The third kappa shape index (κ3) is 5.13. The third-order valence-electron chi connectivity index (χ3n) is 3.19. The number of benzene rings is 1. The molecule has 0 aliphatic carbocycles. The van der Waals surface area contributed by atoms with Crippen LogP contribution in [0.25, 0.3) is 0 Å². The van der Waals surface area contributed by atoms with Crippen LogP contribution in [0.15, 0.2) is 24.3 Å². The monoisotopic (exact) mass is 270 g/mol. The Morgan fingerprint density at radius 1 is 1.00 bits per heavy atom. The van der Waals surface area contributed by atoms with Gasteiger partial charge in [0, 0.05) is 0 Å². The van der Waals surface area contributed by atoms with E-state index in [0.29, 0.717) is 5.75 Å². The second-order valence-corrected chi connectivity index (χ2v) is 11.0. The van der Waals surface area contributed by atoms with Gasteiger partial charge in [-0.1, -0.05) is 38.8 Å². The summed E-state index contributed by atoms with van der Waals surface area (Å²) in [7, 11) is -1.54. The van der Waals surface area contributed by atoms with E-state index in [-0.39, 0.29) is 0 Å². The average molecular weight is 271 g/mol. The van der Waals surface area contributed by atoms with Crippen molar-refractivity contribution in [3.8, 4) is 5.75 Å². The summed E-state index contributed by atoms with van der Waals surface area (Å²) in [4.78, 5) is 0. The van der Waals surface area contributed by atoms with Gasteiger partial charge in [-0.05, 0) is 42.2 Å². The molecule has 0 saturated carbocycles. The second-order valence-electron chi connectivity index (χ2n) is 4.82. The van der Waals surface area contributed by atoms with Gasteiger partial charge in [0.05, 0.1) is 0 Å². The van der Waals surface area contributed by atoms with E-state index in [1.807, 2.05) is 12.1 Å². The number of aromatic hydroxyl groups is 1. The zero-order valence-corrected chi connectivity index (χ0v) is 12.6. The Morgan fingerprint density at radius 3 is 2.00 bits per heavy atom. The molecule has 0 amide bonds. The molecular formula is C14H23ClOSi. The first-order valence-corrected chi connectivity index (χ1v) is 10.2. The molecule has 0 bridgehead atoms. The lowest BCUT2D eigenvalue weighted by Gasteiger charge is -2.23. The third-order valence-corrected chi connectivity index (χ3v) is 8.83. The van der Waals surface area contributed by atoms with E-state index >= 15 is 0 Å². The number of phenolic OH excluding ortho intramolecular Hbond substituents is 1. The van der Waals surface area contributed by atoms with Crippen LogP contribution in [0.3, 0.4) is 0 Å². The van der Waals surface area contributed by atoms with Crippen molar-refractivity contribution >= 4 is 18.5 Å². The van der Waals surface area contributed by atoms with Crippen LogP contribution >= 0.6 is 11.1 Å². The molecule has 0 saturated heterocycles. The molecule has 1 N–H and O–H groups in total. The summed E-state index contributed by atoms with van der Waals surface area (Å²) in [6.07, 6.45) is 3.45. The van der Waals surface area contributed by atoms with Crippen LogP contribution in [0, 0.1) is 0 Å². The lowest BCUT2D eigenvalue weighted by Crippen LogP contribution is -2.26. The van der Waals surface area contributed by atoms with Gasteiger partial charge >= 0.3 is 0 Å². The topological polar surface area (TPSA) is 20.2 Å². The van der Waals surface area contributed by atoms with E-state index in [1.165, 1.54) is 30.5 Å². The molecule has 0 spiro atoms. The largest absolute Gasteiger partial charge is 0.508 e. The maximum Gasteiger partial charge on any atom is 0.156 e. The second kappa shape index (κ2) is 7.07. The predicted octanol–water partition coefficient (Wildman–Crippen LogP) is 4.94. The number of rotatable bonds is 7.